The molecular formula is C15H23NO3. The summed E-state index contributed by atoms with van der Waals surface area (Å²) in [6, 6.07) is 0. The summed E-state index contributed by atoms with van der Waals surface area (Å²) in [5, 5.41) is 12.2. The van der Waals surface area contributed by atoms with Crippen LogP contribution in [0.25, 0.3) is 0 Å². The Bertz CT molecular complexity index is 370. The van der Waals surface area contributed by atoms with Gasteiger partial charge in [-0.25, -0.2) is 0 Å². The van der Waals surface area contributed by atoms with Crippen LogP contribution in [0.1, 0.15) is 57.8 Å². The first-order valence-corrected chi connectivity index (χ1v) is 7.30. The third kappa shape index (κ3) is 3.82. The van der Waals surface area contributed by atoms with E-state index < -0.39 is 11.5 Å². The van der Waals surface area contributed by atoms with Crippen molar-refractivity contribution in [2.24, 2.45) is 5.92 Å². The minimum atomic E-state index is -0.814. The second kappa shape index (κ2) is 6.22. The van der Waals surface area contributed by atoms with Gasteiger partial charge in [-0.1, -0.05) is 31.4 Å². The van der Waals surface area contributed by atoms with Gasteiger partial charge in [0.25, 0.3) is 0 Å². The van der Waals surface area contributed by atoms with Crippen LogP contribution < -0.4 is 5.32 Å². The fraction of sp³-hybridized carbons (Fsp3) is 0.733. The Hall–Kier alpha value is -1.32. The monoisotopic (exact) mass is 265 g/mol. The summed E-state index contributed by atoms with van der Waals surface area (Å²) in [7, 11) is 0. The van der Waals surface area contributed by atoms with Crippen molar-refractivity contribution in [3.8, 4) is 0 Å². The lowest BCUT2D eigenvalue weighted by Crippen LogP contribution is -2.52. The Morgan fingerprint density at radius 1 is 1.21 bits per heavy atom. The molecule has 0 heterocycles. The van der Waals surface area contributed by atoms with E-state index in [1.807, 2.05) is 0 Å². The molecule has 2 aliphatic rings. The van der Waals surface area contributed by atoms with E-state index in [0.717, 1.165) is 51.4 Å². The van der Waals surface area contributed by atoms with Crippen LogP contribution in [-0.4, -0.2) is 22.5 Å². The number of rotatable bonds is 4. The number of carboxylic acid groups (broad SMARTS) is 1. The zero-order valence-corrected chi connectivity index (χ0v) is 11.4. The second-order valence-corrected chi connectivity index (χ2v) is 5.88. The first kappa shape index (κ1) is 14.1. The highest BCUT2D eigenvalue weighted by Crippen LogP contribution is 2.32. The van der Waals surface area contributed by atoms with Gasteiger partial charge in [-0.05, 0) is 32.1 Å². The minimum absolute atomic E-state index is 0.0256. The van der Waals surface area contributed by atoms with E-state index in [0.29, 0.717) is 0 Å². The molecule has 0 spiro atoms. The molecule has 0 aromatic rings. The molecule has 0 radical (unpaired) electrons. The van der Waals surface area contributed by atoms with Gasteiger partial charge in [0.1, 0.15) is 0 Å². The van der Waals surface area contributed by atoms with Crippen LogP contribution in [0.3, 0.4) is 0 Å². The summed E-state index contributed by atoms with van der Waals surface area (Å²) in [5.74, 6) is -0.740. The molecule has 1 atom stereocenters. The Balaban J connectivity index is 2.00. The molecule has 0 bridgehead atoms. The molecule has 0 aromatic carbocycles. The number of carbonyl (C=O) groups is 2. The van der Waals surface area contributed by atoms with Gasteiger partial charge in [-0.15, -0.1) is 0 Å². The third-order valence-corrected chi connectivity index (χ3v) is 4.33. The number of carbonyl (C=O) groups excluding carboxylic acids is 1. The van der Waals surface area contributed by atoms with Gasteiger partial charge in [-0.2, -0.15) is 0 Å². The molecule has 2 N–H and O–H groups in total. The SMILES string of the molecule is O=C(O)CC1(NC(=O)C2CC=CCC2)CCCCC1. The van der Waals surface area contributed by atoms with Gasteiger partial charge in [-0.3, -0.25) is 9.59 Å². The number of allylic oxidation sites excluding steroid dienone is 2. The van der Waals surface area contributed by atoms with Crippen molar-refractivity contribution < 1.29 is 14.7 Å². The normalized spacial score (nSPS) is 25.8. The van der Waals surface area contributed by atoms with Crippen LogP contribution in [0.15, 0.2) is 12.2 Å². The van der Waals surface area contributed by atoms with E-state index in [2.05, 4.69) is 17.5 Å². The van der Waals surface area contributed by atoms with Crippen molar-refractivity contribution in [1.29, 1.82) is 0 Å². The van der Waals surface area contributed by atoms with Gasteiger partial charge in [0.2, 0.25) is 5.91 Å². The first-order valence-electron chi connectivity index (χ1n) is 7.30. The summed E-state index contributed by atoms with van der Waals surface area (Å²) >= 11 is 0. The van der Waals surface area contributed by atoms with Crippen LogP contribution in [0, 0.1) is 5.92 Å². The molecule has 1 unspecified atom stereocenters. The summed E-state index contributed by atoms with van der Waals surface area (Å²) in [4.78, 5) is 23.4. The van der Waals surface area contributed by atoms with Crippen LogP contribution >= 0.6 is 0 Å². The molecule has 4 heteroatoms. The molecule has 1 fully saturated rings. The quantitative estimate of drug-likeness (QED) is 0.768. The second-order valence-electron chi connectivity index (χ2n) is 5.88. The number of hydrogen-bond donors (Lipinski definition) is 2. The Morgan fingerprint density at radius 2 is 1.95 bits per heavy atom. The molecule has 0 saturated heterocycles. The van der Waals surface area contributed by atoms with E-state index in [1.165, 1.54) is 0 Å². The predicted octanol–water partition coefficient (Wildman–Crippen LogP) is 2.64. The van der Waals surface area contributed by atoms with E-state index >= 15 is 0 Å². The predicted molar refractivity (Wildman–Crippen MR) is 72.7 cm³/mol. The van der Waals surface area contributed by atoms with Gasteiger partial charge in [0.05, 0.1) is 12.0 Å². The van der Waals surface area contributed by atoms with E-state index in [9.17, 15) is 9.59 Å². The van der Waals surface area contributed by atoms with Crippen LogP contribution in [0.5, 0.6) is 0 Å². The maximum absolute atomic E-state index is 12.3. The molecule has 4 nitrogen and oxygen atoms in total. The fourth-order valence-corrected chi connectivity index (χ4v) is 3.26. The van der Waals surface area contributed by atoms with Crippen LogP contribution in [0.4, 0.5) is 0 Å². The molecule has 2 rings (SSSR count). The number of nitrogens with one attached hydrogen (secondary N) is 1. The standard InChI is InChI=1S/C15H23NO3/c17-13(18)11-15(9-5-2-6-10-15)16-14(19)12-7-3-1-4-8-12/h1,3,12H,2,4-11H2,(H,16,19)(H,17,18). The van der Waals surface area contributed by atoms with Crippen molar-refractivity contribution in [2.45, 2.75) is 63.3 Å². The highest BCUT2D eigenvalue weighted by molar-refractivity contribution is 5.81. The molecule has 1 saturated carbocycles. The summed E-state index contributed by atoms with van der Waals surface area (Å²) < 4.78 is 0. The maximum atomic E-state index is 12.3. The molecule has 1 amide bonds. The lowest BCUT2D eigenvalue weighted by Gasteiger charge is -2.38. The number of hydrogen-bond acceptors (Lipinski definition) is 2. The maximum Gasteiger partial charge on any atom is 0.305 e. The third-order valence-electron chi connectivity index (χ3n) is 4.33. The van der Waals surface area contributed by atoms with Crippen molar-refractivity contribution in [2.75, 3.05) is 0 Å². The topological polar surface area (TPSA) is 66.4 Å². The molecule has 0 aliphatic heterocycles. The van der Waals surface area contributed by atoms with Crippen LogP contribution in [0.2, 0.25) is 0 Å². The van der Waals surface area contributed by atoms with E-state index in [-0.39, 0.29) is 18.2 Å². The summed E-state index contributed by atoms with van der Waals surface area (Å²) in [5.41, 5.74) is -0.498. The van der Waals surface area contributed by atoms with Crippen molar-refractivity contribution >= 4 is 11.9 Å². The number of aliphatic carboxylic acids is 1. The Morgan fingerprint density at radius 3 is 2.53 bits per heavy atom. The minimum Gasteiger partial charge on any atom is -0.481 e. The van der Waals surface area contributed by atoms with Crippen molar-refractivity contribution in [1.82, 2.24) is 5.32 Å². The molecule has 2 aliphatic carbocycles. The zero-order valence-electron chi connectivity index (χ0n) is 11.4. The van der Waals surface area contributed by atoms with Gasteiger partial charge in [0, 0.05) is 5.92 Å². The molecule has 0 aromatic heterocycles. The molecule has 19 heavy (non-hydrogen) atoms. The molecular weight excluding hydrogens is 242 g/mol. The number of carboxylic acids is 1. The summed E-state index contributed by atoms with van der Waals surface area (Å²) in [6.07, 6.45) is 11.6. The highest BCUT2D eigenvalue weighted by atomic mass is 16.4. The average Bonchev–Trinajstić information content (AvgIpc) is 2.39. The lowest BCUT2D eigenvalue weighted by molar-refractivity contribution is -0.140. The van der Waals surface area contributed by atoms with E-state index in [4.69, 9.17) is 5.11 Å². The van der Waals surface area contributed by atoms with Gasteiger partial charge in [0.15, 0.2) is 0 Å². The zero-order chi connectivity index (χ0) is 13.7. The van der Waals surface area contributed by atoms with E-state index in [1.54, 1.807) is 0 Å². The fourth-order valence-electron chi connectivity index (χ4n) is 3.26. The number of amides is 1. The summed E-state index contributed by atoms with van der Waals surface area (Å²) in [6.45, 7) is 0. The lowest BCUT2D eigenvalue weighted by atomic mass is 9.78. The highest BCUT2D eigenvalue weighted by Gasteiger charge is 2.37. The van der Waals surface area contributed by atoms with Gasteiger partial charge >= 0.3 is 5.97 Å². The molecule has 106 valence electrons. The van der Waals surface area contributed by atoms with Crippen LogP contribution in [-0.2, 0) is 9.59 Å². The first-order chi connectivity index (χ1) is 9.11. The average molecular weight is 265 g/mol. The smallest absolute Gasteiger partial charge is 0.305 e. The van der Waals surface area contributed by atoms with Gasteiger partial charge < -0.3 is 10.4 Å². The van der Waals surface area contributed by atoms with Crippen molar-refractivity contribution in [3.05, 3.63) is 12.2 Å². The van der Waals surface area contributed by atoms with Crippen molar-refractivity contribution in [3.63, 3.8) is 0 Å². The Labute approximate surface area is 114 Å². The largest absolute Gasteiger partial charge is 0.481 e. The Kier molecular flexibility index (Phi) is 4.61.